The van der Waals surface area contributed by atoms with Gasteiger partial charge in [-0.05, 0) is 35.9 Å². The van der Waals surface area contributed by atoms with Crippen LogP contribution in [-0.4, -0.2) is 20.2 Å². The number of carbonyl (C=O) groups excluding carboxylic acids is 1. The first kappa shape index (κ1) is 18.2. The summed E-state index contributed by atoms with van der Waals surface area (Å²) in [5.41, 5.74) is 1.60. The summed E-state index contributed by atoms with van der Waals surface area (Å²) in [5, 5.41) is 1.11. The molecule has 0 aromatic heterocycles. The average Bonchev–Trinajstić information content (AvgIpc) is 2.59. The van der Waals surface area contributed by atoms with Gasteiger partial charge in [-0.3, -0.25) is 0 Å². The van der Waals surface area contributed by atoms with Crippen molar-refractivity contribution in [2.24, 2.45) is 0 Å². The third-order valence-corrected chi connectivity index (χ3v) is 3.79. The molecule has 0 saturated heterocycles. The highest BCUT2D eigenvalue weighted by Crippen LogP contribution is 2.30. The summed E-state index contributed by atoms with van der Waals surface area (Å²) in [6.07, 6.45) is 2.97. The molecule has 6 heteroatoms. The number of ether oxygens (including phenoxy) is 3. The van der Waals surface area contributed by atoms with Crippen LogP contribution in [0.5, 0.6) is 11.5 Å². The molecule has 24 heavy (non-hydrogen) atoms. The Labute approximate surface area is 150 Å². The fourth-order valence-corrected chi connectivity index (χ4v) is 2.40. The Kier molecular flexibility index (Phi) is 6.53. The maximum absolute atomic E-state index is 11.1. The molecule has 0 atom stereocenters. The zero-order valence-electron chi connectivity index (χ0n) is 13.2. The number of benzene rings is 2. The summed E-state index contributed by atoms with van der Waals surface area (Å²) in [4.78, 5) is 11.1. The first-order valence-electron chi connectivity index (χ1n) is 7.04. The minimum atomic E-state index is -0.424. The Morgan fingerprint density at radius 2 is 1.88 bits per heavy atom. The summed E-state index contributed by atoms with van der Waals surface area (Å²) in [6, 6.07) is 10.6. The average molecular weight is 367 g/mol. The molecule has 0 bridgehead atoms. The van der Waals surface area contributed by atoms with Crippen molar-refractivity contribution < 1.29 is 19.0 Å². The Morgan fingerprint density at radius 3 is 2.54 bits per heavy atom. The monoisotopic (exact) mass is 366 g/mol. The highest BCUT2D eigenvalue weighted by molar-refractivity contribution is 6.35. The van der Waals surface area contributed by atoms with Gasteiger partial charge in [-0.2, -0.15) is 0 Å². The molecule has 4 nitrogen and oxygen atoms in total. The second-order valence-corrected chi connectivity index (χ2v) is 5.63. The van der Waals surface area contributed by atoms with Crippen molar-refractivity contribution >= 4 is 35.2 Å². The van der Waals surface area contributed by atoms with Crippen LogP contribution in [0.3, 0.4) is 0 Å². The number of hydrogen-bond donors (Lipinski definition) is 0. The predicted molar refractivity (Wildman–Crippen MR) is 94.8 cm³/mol. The van der Waals surface area contributed by atoms with E-state index in [-0.39, 0.29) is 6.61 Å². The molecule has 0 aliphatic carbocycles. The van der Waals surface area contributed by atoms with Crippen LogP contribution in [0, 0.1) is 0 Å². The molecule has 0 spiro atoms. The van der Waals surface area contributed by atoms with Gasteiger partial charge in [-0.15, -0.1) is 0 Å². The van der Waals surface area contributed by atoms with Crippen molar-refractivity contribution in [3.8, 4) is 11.5 Å². The molecular weight excluding hydrogens is 351 g/mol. The first-order valence-corrected chi connectivity index (χ1v) is 7.80. The lowest BCUT2D eigenvalue weighted by Crippen LogP contribution is -1.99. The van der Waals surface area contributed by atoms with Crippen molar-refractivity contribution in [1.82, 2.24) is 0 Å². The van der Waals surface area contributed by atoms with Crippen LogP contribution >= 0.6 is 23.2 Å². The predicted octanol–water partition coefficient (Wildman–Crippen LogP) is 4.77. The van der Waals surface area contributed by atoms with E-state index in [4.69, 9.17) is 32.7 Å². The zero-order valence-corrected chi connectivity index (χ0v) is 14.7. The van der Waals surface area contributed by atoms with E-state index in [1.807, 2.05) is 6.07 Å². The van der Waals surface area contributed by atoms with E-state index in [9.17, 15) is 4.79 Å². The Morgan fingerprint density at radius 1 is 1.08 bits per heavy atom. The Hall–Kier alpha value is -2.17. The lowest BCUT2D eigenvalue weighted by atomic mass is 10.2. The fraction of sp³-hybridized carbons (Fsp3) is 0.167. The molecule has 0 unspecified atom stereocenters. The molecule has 2 aromatic carbocycles. The van der Waals surface area contributed by atoms with Crippen LogP contribution in [0.1, 0.15) is 11.1 Å². The van der Waals surface area contributed by atoms with Crippen LogP contribution in [-0.2, 0) is 16.1 Å². The van der Waals surface area contributed by atoms with Crippen molar-refractivity contribution in [2.75, 3.05) is 14.2 Å². The van der Waals surface area contributed by atoms with E-state index in [0.717, 1.165) is 11.1 Å². The standard InChI is InChI=1S/C18H16Cl2O4/c1-22-17-9-12(4-8-18(21)23-2)3-7-16(17)24-11-13-5-6-14(19)10-15(13)20/h3-10H,11H2,1-2H3/b8-4+. The second kappa shape index (κ2) is 8.62. The largest absolute Gasteiger partial charge is 0.493 e. The highest BCUT2D eigenvalue weighted by Gasteiger charge is 2.08. The van der Waals surface area contributed by atoms with Gasteiger partial charge in [0.15, 0.2) is 11.5 Å². The van der Waals surface area contributed by atoms with Crippen molar-refractivity contribution in [3.05, 3.63) is 63.6 Å². The maximum atomic E-state index is 11.1. The van der Waals surface area contributed by atoms with Crippen LogP contribution in [0.4, 0.5) is 0 Å². The molecule has 126 valence electrons. The molecule has 0 N–H and O–H groups in total. The second-order valence-electron chi connectivity index (χ2n) is 4.79. The molecule has 0 aliphatic rings. The molecule has 0 saturated carbocycles. The molecule has 0 radical (unpaired) electrons. The maximum Gasteiger partial charge on any atom is 0.330 e. The number of esters is 1. The van der Waals surface area contributed by atoms with E-state index < -0.39 is 5.97 Å². The van der Waals surface area contributed by atoms with Gasteiger partial charge in [-0.1, -0.05) is 35.3 Å². The molecule has 2 aromatic rings. The van der Waals surface area contributed by atoms with Crippen molar-refractivity contribution in [2.45, 2.75) is 6.61 Å². The van der Waals surface area contributed by atoms with Crippen molar-refractivity contribution in [3.63, 3.8) is 0 Å². The quantitative estimate of drug-likeness (QED) is 0.545. The first-order chi connectivity index (χ1) is 11.5. The smallest absolute Gasteiger partial charge is 0.330 e. The summed E-state index contributed by atoms with van der Waals surface area (Å²) >= 11 is 12.0. The van der Waals surface area contributed by atoms with Gasteiger partial charge >= 0.3 is 5.97 Å². The number of rotatable bonds is 6. The number of methoxy groups -OCH3 is 2. The molecule has 0 aliphatic heterocycles. The normalized spacial score (nSPS) is 10.7. The topological polar surface area (TPSA) is 44.8 Å². The zero-order chi connectivity index (χ0) is 17.5. The van der Waals surface area contributed by atoms with Gasteiger partial charge in [0, 0.05) is 21.7 Å². The van der Waals surface area contributed by atoms with E-state index in [2.05, 4.69) is 4.74 Å². The summed E-state index contributed by atoms with van der Waals surface area (Å²) in [5.74, 6) is 0.692. The third kappa shape index (κ3) is 4.91. The van der Waals surface area contributed by atoms with Gasteiger partial charge in [0.1, 0.15) is 6.61 Å². The number of carbonyl (C=O) groups is 1. The van der Waals surface area contributed by atoms with Gasteiger partial charge in [0.2, 0.25) is 0 Å². The van der Waals surface area contributed by atoms with Gasteiger partial charge in [0.25, 0.3) is 0 Å². The molecule has 2 rings (SSSR count). The van der Waals surface area contributed by atoms with Gasteiger partial charge < -0.3 is 14.2 Å². The number of halogens is 2. The van der Waals surface area contributed by atoms with Crippen LogP contribution in [0.2, 0.25) is 10.0 Å². The van der Waals surface area contributed by atoms with Gasteiger partial charge in [0.05, 0.1) is 14.2 Å². The van der Waals surface area contributed by atoms with Crippen molar-refractivity contribution in [1.29, 1.82) is 0 Å². The SMILES string of the molecule is COC(=O)/C=C/c1ccc(OCc2ccc(Cl)cc2Cl)c(OC)c1. The van der Waals surface area contributed by atoms with E-state index in [1.54, 1.807) is 43.5 Å². The lowest BCUT2D eigenvalue weighted by molar-refractivity contribution is -0.134. The fourth-order valence-electron chi connectivity index (χ4n) is 1.93. The number of hydrogen-bond acceptors (Lipinski definition) is 4. The molecule has 0 heterocycles. The Bertz CT molecular complexity index is 757. The van der Waals surface area contributed by atoms with Crippen LogP contribution < -0.4 is 9.47 Å². The van der Waals surface area contributed by atoms with E-state index in [1.165, 1.54) is 13.2 Å². The van der Waals surface area contributed by atoms with Gasteiger partial charge in [-0.25, -0.2) is 4.79 Å². The summed E-state index contributed by atoms with van der Waals surface area (Å²) < 4.78 is 15.7. The minimum absolute atomic E-state index is 0.281. The third-order valence-electron chi connectivity index (χ3n) is 3.20. The van der Waals surface area contributed by atoms with Crippen LogP contribution in [0.25, 0.3) is 6.08 Å². The molecule has 0 amide bonds. The van der Waals surface area contributed by atoms with E-state index in [0.29, 0.717) is 21.5 Å². The molecule has 0 fully saturated rings. The van der Waals surface area contributed by atoms with Crippen LogP contribution in [0.15, 0.2) is 42.5 Å². The highest BCUT2D eigenvalue weighted by atomic mass is 35.5. The summed E-state index contributed by atoms with van der Waals surface area (Å²) in [7, 11) is 2.87. The lowest BCUT2D eigenvalue weighted by Gasteiger charge is -2.12. The Balaban J connectivity index is 2.12. The summed E-state index contributed by atoms with van der Waals surface area (Å²) in [6.45, 7) is 0.281. The molecular formula is C18H16Cl2O4. The van der Waals surface area contributed by atoms with E-state index >= 15 is 0 Å². The minimum Gasteiger partial charge on any atom is -0.493 e.